The van der Waals surface area contributed by atoms with Gasteiger partial charge in [0, 0.05) is 24.3 Å². The minimum atomic E-state index is -0.682. The average molecular weight is 352 g/mol. The number of terminal acetylenes is 2. The van der Waals surface area contributed by atoms with E-state index in [0.29, 0.717) is 17.3 Å². The number of methoxy groups -OCH3 is 1. The molecule has 0 aliphatic rings. The number of thiocarbonyl (C=S) groups is 1. The lowest BCUT2D eigenvalue weighted by atomic mass is 10.1. The van der Waals surface area contributed by atoms with Gasteiger partial charge in [0.25, 0.3) is 0 Å². The predicted molar refractivity (Wildman–Crippen MR) is 105 cm³/mol. The highest BCUT2D eigenvalue weighted by Crippen LogP contribution is 2.21. The quantitative estimate of drug-likeness (QED) is 0.640. The number of nitrogens with one attached hydrogen (secondary N) is 1. The third-order valence-electron chi connectivity index (χ3n) is 3.65. The van der Waals surface area contributed by atoms with Crippen LogP contribution in [0.25, 0.3) is 10.9 Å². The molecule has 2 unspecified atom stereocenters. The van der Waals surface area contributed by atoms with Crippen LogP contribution in [0.1, 0.15) is 19.4 Å². The van der Waals surface area contributed by atoms with Gasteiger partial charge in [-0.15, -0.1) is 12.8 Å². The molecule has 0 aliphatic heterocycles. The van der Waals surface area contributed by atoms with Crippen LogP contribution in [0.3, 0.4) is 0 Å². The van der Waals surface area contributed by atoms with Gasteiger partial charge in [0.1, 0.15) is 22.4 Å². The van der Waals surface area contributed by atoms with E-state index in [1.165, 1.54) is 0 Å². The summed E-state index contributed by atoms with van der Waals surface area (Å²) in [6.07, 6.45) is 12.3. The zero-order chi connectivity index (χ0) is 18.4. The zero-order valence-electron chi connectivity index (χ0n) is 14.5. The van der Waals surface area contributed by atoms with Gasteiger partial charge >= 0.3 is 0 Å². The number of hydrogen-bond donors (Lipinski definition) is 1. The Labute approximate surface area is 153 Å². The maximum absolute atomic E-state index is 5.93. The third kappa shape index (κ3) is 4.70. The summed E-state index contributed by atoms with van der Waals surface area (Å²) < 4.78 is 11.1. The Morgan fingerprint density at radius 3 is 2.80 bits per heavy atom. The van der Waals surface area contributed by atoms with Crippen molar-refractivity contribution in [3.63, 3.8) is 0 Å². The van der Waals surface area contributed by atoms with Crippen molar-refractivity contribution in [3.8, 4) is 30.4 Å². The van der Waals surface area contributed by atoms with Gasteiger partial charge in [-0.25, -0.2) is 0 Å². The summed E-state index contributed by atoms with van der Waals surface area (Å²) in [6, 6.07) is 7.51. The molecule has 1 aromatic carbocycles. The molecular formula is C20H20N2O2S. The SMILES string of the molecule is C#Cc1cnc2ccc(OC(C)C(=S)NC(C)(C#C)COC)cc2c1. The van der Waals surface area contributed by atoms with E-state index in [9.17, 15) is 0 Å². The Bertz CT molecular complexity index is 866. The fourth-order valence-corrected chi connectivity index (χ4v) is 2.57. The molecule has 0 saturated carbocycles. The second-order valence-corrected chi connectivity index (χ2v) is 6.32. The smallest absolute Gasteiger partial charge is 0.146 e. The van der Waals surface area contributed by atoms with Gasteiger partial charge in [-0.1, -0.05) is 24.1 Å². The van der Waals surface area contributed by atoms with Crippen LogP contribution in [0, 0.1) is 24.7 Å². The molecule has 5 heteroatoms. The Balaban J connectivity index is 2.13. The van der Waals surface area contributed by atoms with Crippen LogP contribution < -0.4 is 10.1 Å². The van der Waals surface area contributed by atoms with Crippen molar-refractivity contribution in [1.82, 2.24) is 10.3 Å². The molecule has 0 spiro atoms. The van der Waals surface area contributed by atoms with E-state index >= 15 is 0 Å². The van der Waals surface area contributed by atoms with Gasteiger partial charge in [0.2, 0.25) is 0 Å². The van der Waals surface area contributed by atoms with Gasteiger partial charge in [-0.3, -0.25) is 4.98 Å². The van der Waals surface area contributed by atoms with Gasteiger partial charge in [-0.2, -0.15) is 0 Å². The lowest BCUT2D eigenvalue weighted by Crippen LogP contribution is -2.51. The van der Waals surface area contributed by atoms with Crippen LogP contribution in [-0.4, -0.2) is 35.3 Å². The normalized spacial score (nSPS) is 14.0. The van der Waals surface area contributed by atoms with Crippen LogP contribution in [0.2, 0.25) is 0 Å². The highest BCUT2D eigenvalue weighted by Gasteiger charge is 2.24. The second-order valence-electron chi connectivity index (χ2n) is 5.88. The predicted octanol–water partition coefficient (Wildman–Crippen LogP) is 2.94. The molecule has 0 saturated heterocycles. The van der Waals surface area contributed by atoms with Crippen LogP contribution in [0.4, 0.5) is 0 Å². The van der Waals surface area contributed by atoms with Gasteiger partial charge in [0.05, 0.1) is 12.1 Å². The second kappa shape index (κ2) is 7.98. The number of pyridine rings is 1. The number of rotatable bonds is 6. The summed E-state index contributed by atoms with van der Waals surface area (Å²) in [5.74, 6) is 5.91. The first-order valence-corrected chi connectivity index (χ1v) is 8.13. The summed E-state index contributed by atoms with van der Waals surface area (Å²) in [7, 11) is 1.59. The average Bonchev–Trinajstić information content (AvgIpc) is 2.61. The summed E-state index contributed by atoms with van der Waals surface area (Å²) in [5, 5.41) is 4.04. The number of hydrogen-bond acceptors (Lipinski definition) is 4. The molecule has 25 heavy (non-hydrogen) atoms. The van der Waals surface area contributed by atoms with Crippen molar-refractivity contribution in [2.75, 3.05) is 13.7 Å². The number of aromatic nitrogens is 1. The molecule has 2 rings (SSSR count). The van der Waals surface area contributed by atoms with E-state index < -0.39 is 5.54 Å². The first kappa shape index (κ1) is 18.7. The summed E-state index contributed by atoms with van der Waals surface area (Å²) in [5.41, 5.74) is 0.886. The number of fused-ring (bicyclic) bond motifs is 1. The Morgan fingerprint density at radius 1 is 1.40 bits per heavy atom. The summed E-state index contributed by atoms with van der Waals surface area (Å²) in [6.45, 7) is 4.05. The lowest BCUT2D eigenvalue weighted by molar-refractivity contribution is 0.154. The minimum absolute atomic E-state index is 0.340. The van der Waals surface area contributed by atoms with E-state index in [2.05, 4.69) is 22.1 Å². The summed E-state index contributed by atoms with van der Waals surface area (Å²) in [4.78, 5) is 4.82. The molecule has 2 aromatic rings. The van der Waals surface area contributed by atoms with E-state index in [1.807, 2.05) is 38.1 Å². The molecular weight excluding hydrogens is 332 g/mol. The van der Waals surface area contributed by atoms with Crippen molar-refractivity contribution >= 4 is 28.1 Å². The molecule has 0 radical (unpaired) electrons. The Hall–Kier alpha value is -2.60. The minimum Gasteiger partial charge on any atom is -0.484 e. The van der Waals surface area contributed by atoms with Crippen LogP contribution >= 0.6 is 12.2 Å². The molecule has 128 valence electrons. The molecule has 0 amide bonds. The van der Waals surface area contributed by atoms with Gasteiger partial charge in [0.15, 0.2) is 0 Å². The van der Waals surface area contributed by atoms with E-state index in [-0.39, 0.29) is 6.10 Å². The maximum Gasteiger partial charge on any atom is 0.146 e. The third-order valence-corrected chi connectivity index (χ3v) is 4.09. The van der Waals surface area contributed by atoms with Crippen molar-refractivity contribution < 1.29 is 9.47 Å². The van der Waals surface area contributed by atoms with E-state index in [1.54, 1.807) is 13.3 Å². The molecule has 0 fully saturated rings. The highest BCUT2D eigenvalue weighted by molar-refractivity contribution is 7.80. The summed E-state index contributed by atoms with van der Waals surface area (Å²) >= 11 is 5.41. The number of benzene rings is 1. The molecule has 0 aliphatic carbocycles. The number of ether oxygens (including phenoxy) is 2. The van der Waals surface area contributed by atoms with Crippen LogP contribution in [0.5, 0.6) is 5.75 Å². The van der Waals surface area contributed by atoms with Crippen molar-refractivity contribution in [2.45, 2.75) is 25.5 Å². The van der Waals surface area contributed by atoms with Crippen molar-refractivity contribution in [1.29, 1.82) is 0 Å². The first-order valence-electron chi connectivity index (χ1n) is 7.72. The monoisotopic (exact) mass is 352 g/mol. The number of nitrogens with zero attached hydrogens (tertiary/aromatic N) is 1. The molecule has 1 heterocycles. The van der Waals surface area contributed by atoms with Crippen LogP contribution in [-0.2, 0) is 4.74 Å². The maximum atomic E-state index is 5.93. The highest BCUT2D eigenvalue weighted by atomic mass is 32.1. The first-order chi connectivity index (χ1) is 11.9. The molecule has 0 bridgehead atoms. The van der Waals surface area contributed by atoms with Gasteiger partial charge in [-0.05, 0) is 38.1 Å². The van der Waals surface area contributed by atoms with E-state index in [0.717, 1.165) is 16.5 Å². The molecule has 2 atom stereocenters. The lowest BCUT2D eigenvalue weighted by Gasteiger charge is -2.28. The Morgan fingerprint density at radius 2 is 2.16 bits per heavy atom. The fraction of sp³-hybridized carbons (Fsp3) is 0.300. The molecule has 1 N–H and O–H groups in total. The van der Waals surface area contributed by atoms with E-state index in [4.69, 9.17) is 34.5 Å². The zero-order valence-corrected chi connectivity index (χ0v) is 15.3. The molecule has 4 nitrogen and oxygen atoms in total. The molecule has 1 aromatic heterocycles. The van der Waals surface area contributed by atoms with Crippen LogP contribution in [0.15, 0.2) is 30.5 Å². The largest absolute Gasteiger partial charge is 0.484 e. The fourth-order valence-electron chi connectivity index (χ4n) is 2.30. The Kier molecular flexibility index (Phi) is 5.98. The van der Waals surface area contributed by atoms with Crippen molar-refractivity contribution in [2.24, 2.45) is 0 Å². The van der Waals surface area contributed by atoms with Crippen molar-refractivity contribution in [3.05, 3.63) is 36.0 Å². The topological polar surface area (TPSA) is 43.4 Å². The van der Waals surface area contributed by atoms with Gasteiger partial charge < -0.3 is 14.8 Å². The standard InChI is InChI=1S/C20H20N2O2S/c1-6-15-10-16-11-17(8-9-18(16)21-12-15)24-14(3)19(25)22-20(4,7-2)13-23-5/h1-2,8-12,14H,13H2,3-5H3,(H,22,25).